The average molecular weight is 349 g/mol. The van der Waals surface area contributed by atoms with Gasteiger partial charge in [0, 0.05) is 6.42 Å². The largest absolute Gasteiger partial charge is 0.199 e. The number of benzene rings is 2. The quantitative estimate of drug-likeness (QED) is 0.316. The molecule has 2 rings (SSSR count). The van der Waals surface area contributed by atoms with E-state index in [2.05, 4.69) is 86.0 Å². The van der Waals surface area contributed by atoms with E-state index >= 15 is 0 Å². The van der Waals surface area contributed by atoms with Gasteiger partial charge in [-0.05, 0) is 22.8 Å². The standard InChI is InChI=1S/C24H32Si/c1-3-5-7-8-9-16-22-25(21-6-4-2,23-17-12-10-13-18-23)24-19-14-11-15-20-24/h10-15,17-20H,3-9,21H2,1-2H3. The molecule has 0 N–H and O–H groups in total. The molecule has 0 amide bonds. The van der Waals surface area contributed by atoms with Gasteiger partial charge in [0.1, 0.15) is 0 Å². The van der Waals surface area contributed by atoms with Crippen LogP contribution in [0.4, 0.5) is 0 Å². The number of unbranched alkanes of at least 4 members (excludes halogenated alkanes) is 5. The Hall–Kier alpha value is -1.78. The molecule has 132 valence electrons. The van der Waals surface area contributed by atoms with E-state index in [1.165, 1.54) is 54.9 Å². The van der Waals surface area contributed by atoms with Crippen LogP contribution in [0, 0.1) is 11.5 Å². The van der Waals surface area contributed by atoms with Crippen LogP contribution in [-0.2, 0) is 0 Å². The number of hydrogen-bond donors (Lipinski definition) is 0. The SMILES string of the molecule is CCCCCCC#C[Si](CCCC)(c1ccccc1)c1ccccc1. The predicted molar refractivity (Wildman–Crippen MR) is 114 cm³/mol. The van der Waals surface area contributed by atoms with E-state index in [0.29, 0.717) is 0 Å². The summed E-state index contributed by atoms with van der Waals surface area (Å²) in [5, 5.41) is 2.94. The zero-order chi connectivity index (χ0) is 17.8. The van der Waals surface area contributed by atoms with Crippen molar-refractivity contribution < 1.29 is 0 Å². The second-order valence-electron chi connectivity index (χ2n) is 6.85. The van der Waals surface area contributed by atoms with Crippen LogP contribution in [0.2, 0.25) is 6.04 Å². The van der Waals surface area contributed by atoms with Gasteiger partial charge in [-0.15, -0.1) is 11.5 Å². The molecule has 2 aromatic carbocycles. The third-order valence-electron chi connectivity index (χ3n) is 4.90. The van der Waals surface area contributed by atoms with Crippen molar-refractivity contribution in [3.8, 4) is 11.5 Å². The molecule has 0 saturated heterocycles. The number of hydrogen-bond acceptors (Lipinski definition) is 0. The highest BCUT2D eigenvalue weighted by molar-refractivity contribution is 7.08. The lowest BCUT2D eigenvalue weighted by Gasteiger charge is -2.27. The highest BCUT2D eigenvalue weighted by atomic mass is 28.3. The summed E-state index contributed by atoms with van der Waals surface area (Å²) in [5.74, 6) is 3.60. The van der Waals surface area contributed by atoms with Crippen LogP contribution in [0.3, 0.4) is 0 Å². The molecule has 0 atom stereocenters. The van der Waals surface area contributed by atoms with Crippen LogP contribution in [0.5, 0.6) is 0 Å². The van der Waals surface area contributed by atoms with Gasteiger partial charge in [-0.3, -0.25) is 0 Å². The Morgan fingerprint density at radius 3 is 1.76 bits per heavy atom. The van der Waals surface area contributed by atoms with Crippen molar-refractivity contribution >= 4 is 18.4 Å². The fourth-order valence-electron chi connectivity index (χ4n) is 3.40. The summed E-state index contributed by atoms with van der Waals surface area (Å²) in [6.45, 7) is 4.55. The summed E-state index contributed by atoms with van der Waals surface area (Å²) < 4.78 is 0. The molecule has 1 heteroatoms. The Morgan fingerprint density at radius 1 is 0.680 bits per heavy atom. The molecule has 2 aromatic rings. The van der Waals surface area contributed by atoms with Gasteiger partial charge in [-0.1, -0.05) is 107 Å². The maximum absolute atomic E-state index is 3.87. The van der Waals surface area contributed by atoms with Crippen molar-refractivity contribution in [1.82, 2.24) is 0 Å². The summed E-state index contributed by atoms with van der Waals surface area (Å²) in [5.41, 5.74) is 3.87. The smallest absolute Gasteiger partial charge is 0.120 e. The predicted octanol–water partition coefficient (Wildman–Crippen LogP) is 5.56. The van der Waals surface area contributed by atoms with Crippen LogP contribution in [0.15, 0.2) is 60.7 Å². The average Bonchev–Trinajstić information content (AvgIpc) is 2.68. The Morgan fingerprint density at radius 2 is 1.24 bits per heavy atom. The zero-order valence-electron chi connectivity index (χ0n) is 15.9. The van der Waals surface area contributed by atoms with Crippen LogP contribution >= 0.6 is 0 Å². The Balaban J connectivity index is 2.36. The van der Waals surface area contributed by atoms with Gasteiger partial charge in [-0.2, -0.15) is 0 Å². The molecule has 0 heterocycles. The third kappa shape index (κ3) is 5.61. The van der Waals surface area contributed by atoms with E-state index in [-0.39, 0.29) is 0 Å². The minimum absolute atomic E-state index is 1.04. The number of rotatable bonds is 9. The molecular weight excluding hydrogens is 316 g/mol. The normalized spacial score (nSPS) is 11.0. The molecule has 0 aromatic heterocycles. The molecule has 0 aliphatic carbocycles. The summed E-state index contributed by atoms with van der Waals surface area (Å²) in [6.07, 6.45) is 8.69. The van der Waals surface area contributed by atoms with Crippen LogP contribution in [-0.4, -0.2) is 8.07 Å². The van der Waals surface area contributed by atoms with Crippen molar-refractivity contribution in [1.29, 1.82) is 0 Å². The topological polar surface area (TPSA) is 0 Å². The molecule has 0 aliphatic rings. The zero-order valence-corrected chi connectivity index (χ0v) is 16.9. The second kappa shape index (κ2) is 11.0. The lowest BCUT2D eigenvalue weighted by Crippen LogP contribution is -2.57. The monoisotopic (exact) mass is 348 g/mol. The van der Waals surface area contributed by atoms with Crippen molar-refractivity contribution in [3.05, 3.63) is 60.7 Å². The highest BCUT2D eigenvalue weighted by Gasteiger charge is 2.35. The second-order valence-corrected chi connectivity index (χ2v) is 10.6. The first-order chi connectivity index (χ1) is 12.3. The molecule has 0 aliphatic heterocycles. The first kappa shape index (κ1) is 19.5. The van der Waals surface area contributed by atoms with Crippen molar-refractivity contribution in [2.45, 2.75) is 64.8 Å². The Bertz CT molecular complexity index is 609. The Labute approximate surface area is 155 Å². The van der Waals surface area contributed by atoms with E-state index < -0.39 is 8.07 Å². The maximum atomic E-state index is 3.87. The minimum atomic E-state index is -2.00. The van der Waals surface area contributed by atoms with Gasteiger partial charge in [-0.25, -0.2) is 0 Å². The van der Waals surface area contributed by atoms with Gasteiger partial charge in [0.25, 0.3) is 0 Å². The van der Waals surface area contributed by atoms with Crippen molar-refractivity contribution in [2.24, 2.45) is 0 Å². The molecule has 0 nitrogen and oxygen atoms in total. The Kier molecular flexibility index (Phi) is 8.56. The van der Waals surface area contributed by atoms with Crippen molar-refractivity contribution in [2.75, 3.05) is 0 Å². The molecule has 25 heavy (non-hydrogen) atoms. The molecule has 0 bridgehead atoms. The van der Waals surface area contributed by atoms with Crippen molar-refractivity contribution in [3.63, 3.8) is 0 Å². The third-order valence-corrected chi connectivity index (χ3v) is 9.24. The first-order valence-corrected chi connectivity index (χ1v) is 12.1. The summed E-state index contributed by atoms with van der Waals surface area (Å²) in [6, 6.07) is 23.4. The van der Waals surface area contributed by atoms with E-state index in [1.54, 1.807) is 0 Å². The van der Waals surface area contributed by atoms with E-state index in [9.17, 15) is 0 Å². The summed E-state index contributed by atoms with van der Waals surface area (Å²) in [7, 11) is -2.00. The molecule has 0 spiro atoms. The van der Waals surface area contributed by atoms with Gasteiger partial charge < -0.3 is 0 Å². The molecule has 0 saturated carbocycles. The van der Waals surface area contributed by atoms with E-state index in [0.717, 1.165) is 6.42 Å². The molecule has 0 radical (unpaired) electrons. The van der Waals surface area contributed by atoms with E-state index in [4.69, 9.17) is 0 Å². The van der Waals surface area contributed by atoms with Crippen LogP contribution in [0.1, 0.15) is 58.8 Å². The molecular formula is C24H32Si. The van der Waals surface area contributed by atoms with Crippen LogP contribution in [0.25, 0.3) is 0 Å². The molecule has 0 unspecified atom stereocenters. The van der Waals surface area contributed by atoms with Gasteiger partial charge in [0.2, 0.25) is 0 Å². The summed E-state index contributed by atoms with van der Waals surface area (Å²) >= 11 is 0. The lowest BCUT2D eigenvalue weighted by molar-refractivity contribution is 0.680. The molecule has 0 fully saturated rings. The van der Waals surface area contributed by atoms with E-state index in [1.807, 2.05) is 0 Å². The fraction of sp³-hybridized carbons (Fsp3) is 0.417. The lowest BCUT2D eigenvalue weighted by atomic mass is 10.2. The maximum Gasteiger partial charge on any atom is 0.199 e. The highest BCUT2D eigenvalue weighted by Crippen LogP contribution is 2.15. The van der Waals surface area contributed by atoms with Gasteiger partial charge >= 0.3 is 0 Å². The van der Waals surface area contributed by atoms with Gasteiger partial charge in [0.05, 0.1) is 0 Å². The van der Waals surface area contributed by atoms with Crippen LogP contribution < -0.4 is 10.4 Å². The fourth-order valence-corrected chi connectivity index (χ4v) is 7.56. The summed E-state index contributed by atoms with van der Waals surface area (Å²) in [4.78, 5) is 0. The first-order valence-electron chi connectivity index (χ1n) is 9.94. The van der Waals surface area contributed by atoms with Gasteiger partial charge in [0.15, 0.2) is 8.07 Å². The minimum Gasteiger partial charge on any atom is -0.120 e.